The number of carbonyl (C=O) groups is 1. The topological polar surface area (TPSA) is 73.6 Å². The first-order chi connectivity index (χ1) is 10.1. The number of ether oxygens (including phenoxy) is 2. The zero-order valence-corrected chi connectivity index (χ0v) is 14.3. The third-order valence-corrected chi connectivity index (χ3v) is 3.28. The van der Waals surface area contributed by atoms with E-state index in [2.05, 4.69) is 12.2 Å². The summed E-state index contributed by atoms with van der Waals surface area (Å²) in [6.45, 7) is 4.29. The molecule has 0 aliphatic carbocycles. The molecule has 22 heavy (non-hydrogen) atoms. The van der Waals surface area contributed by atoms with Gasteiger partial charge in [-0.25, -0.2) is 0 Å². The quantitative estimate of drug-likeness (QED) is 0.729. The molecule has 3 N–H and O–H groups in total. The molecule has 1 aromatic carbocycles. The standard InChI is InChI=1S/C16H26N2O3.ClH/c1-4-5-6-13(11-17)18-16(19)12(2)21-15-9-7-14(20-3)8-10-15;/h7-10,12-13H,4-6,11,17H2,1-3H3,(H,18,19);1H. The van der Waals surface area contributed by atoms with E-state index in [9.17, 15) is 4.79 Å². The Labute approximate surface area is 139 Å². The molecule has 1 rings (SSSR count). The first-order valence-corrected chi connectivity index (χ1v) is 7.41. The Kier molecular flexibility index (Phi) is 10.4. The molecular weight excluding hydrogens is 304 g/mol. The number of rotatable bonds is 9. The van der Waals surface area contributed by atoms with Crippen molar-refractivity contribution in [1.82, 2.24) is 5.32 Å². The van der Waals surface area contributed by atoms with Crippen LogP contribution >= 0.6 is 12.4 Å². The number of nitrogens with one attached hydrogen (secondary N) is 1. The summed E-state index contributed by atoms with van der Waals surface area (Å²) < 4.78 is 10.7. The largest absolute Gasteiger partial charge is 0.497 e. The minimum Gasteiger partial charge on any atom is -0.497 e. The predicted molar refractivity (Wildman–Crippen MR) is 90.8 cm³/mol. The van der Waals surface area contributed by atoms with Crippen LogP contribution in [-0.4, -0.2) is 31.7 Å². The van der Waals surface area contributed by atoms with Gasteiger partial charge in [-0.05, 0) is 37.6 Å². The number of methoxy groups -OCH3 is 1. The van der Waals surface area contributed by atoms with Crippen molar-refractivity contribution in [3.63, 3.8) is 0 Å². The van der Waals surface area contributed by atoms with Gasteiger partial charge >= 0.3 is 0 Å². The monoisotopic (exact) mass is 330 g/mol. The highest BCUT2D eigenvalue weighted by molar-refractivity contribution is 5.85. The van der Waals surface area contributed by atoms with Gasteiger partial charge in [0.25, 0.3) is 5.91 Å². The summed E-state index contributed by atoms with van der Waals surface area (Å²) in [7, 11) is 1.61. The lowest BCUT2D eigenvalue weighted by atomic mass is 10.1. The predicted octanol–water partition coefficient (Wildman–Crippen LogP) is 2.52. The summed E-state index contributed by atoms with van der Waals surface area (Å²) in [5.74, 6) is 1.25. The average Bonchev–Trinajstić information content (AvgIpc) is 2.51. The highest BCUT2D eigenvalue weighted by Gasteiger charge is 2.18. The highest BCUT2D eigenvalue weighted by atomic mass is 35.5. The van der Waals surface area contributed by atoms with Crippen molar-refractivity contribution in [3.8, 4) is 11.5 Å². The third kappa shape index (κ3) is 7.00. The molecule has 0 aliphatic rings. The van der Waals surface area contributed by atoms with E-state index in [1.165, 1.54) is 0 Å². The molecule has 1 aromatic rings. The summed E-state index contributed by atoms with van der Waals surface area (Å²) in [5.41, 5.74) is 5.68. The number of carbonyl (C=O) groups excluding carboxylic acids is 1. The Morgan fingerprint density at radius 1 is 1.27 bits per heavy atom. The second kappa shape index (κ2) is 11.2. The molecule has 0 heterocycles. The Bertz CT molecular complexity index is 426. The molecule has 2 unspecified atom stereocenters. The molecule has 0 bridgehead atoms. The fraction of sp³-hybridized carbons (Fsp3) is 0.562. The van der Waals surface area contributed by atoms with Gasteiger partial charge in [0.2, 0.25) is 0 Å². The van der Waals surface area contributed by atoms with Gasteiger partial charge < -0.3 is 20.5 Å². The Hall–Kier alpha value is -1.46. The van der Waals surface area contributed by atoms with Crippen LogP contribution in [0.4, 0.5) is 0 Å². The normalized spacial score (nSPS) is 12.7. The van der Waals surface area contributed by atoms with Crippen LogP contribution in [0.15, 0.2) is 24.3 Å². The van der Waals surface area contributed by atoms with Crippen molar-refractivity contribution >= 4 is 18.3 Å². The minimum atomic E-state index is -0.561. The molecule has 126 valence electrons. The Morgan fingerprint density at radius 3 is 2.36 bits per heavy atom. The third-order valence-electron chi connectivity index (χ3n) is 3.28. The second-order valence-corrected chi connectivity index (χ2v) is 5.02. The molecule has 0 fully saturated rings. The van der Waals surface area contributed by atoms with Gasteiger partial charge in [0, 0.05) is 12.6 Å². The van der Waals surface area contributed by atoms with Crippen LogP contribution in [0, 0.1) is 0 Å². The Balaban J connectivity index is 0.00000441. The molecule has 6 heteroatoms. The highest BCUT2D eigenvalue weighted by Crippen LogP contribution is 2.18. The lowest BCUT2D eigenvalue weighted by molar-refractivity contribution is -0.128. The number of benzene rings is 1. The van der Waals surface area contributed by atoms with Gasteiger partial charge in [-0.15, -0.1) is 12.4 Å². The summed E-state index contributed by atoms with van der Waals surface area (Å²) >= 11 is 0. The van der Waals surface area contributed by atoms with Crippen LogP contribution in [0.1, 0.15) is 33.1 Å². The minimum absolute atomic E-state index is 0. The van der Waals surface area contributed by atoms with E-state index in [4.69, 9.17) is 15.2 Å². The summed E-state index contributed by atoms with van der Waals surface area (Å²) in [6.07, 6.45) is 2.47. The lowest BCUT2D eigenvalue weighted by Gasteiger charge is -2.20. The van der Waals surface area contributed by atoms with Crippen LogP contribution in [0.5, 0.6) is 11.5 Å². The van der Waals surface area contributed by atoms with Crippen molar-refractivity contribution < 1.29 is 14.3 Å². The number of hydrogen-bond donors (Lipinski definition) is 2. The number of amides is 1. The zero-order valence-electron chi connectivity index (χ0n) is 13.5. The maximum atomic E-state index is 12.1. The number of unbranched alkanes of at least 4 members (excludes halogenated alkanes) is 1. The fourth-order valence-corrected chi connectivity index (χ4v) is 1.93. The Morgan fingerprint density at radius 2 is 1.86 bits per heavy atom. The van der Waals surface area contributed by atoms with Crippen LogP contribution in [0.3, 0.4) is 0 Å². The van der Waals surface area contributed by atoms with Crippen molar-refractivity contribution in [3.05, 3.63) is 24.3 Å². The van der Waals surface area contributed by atoms with Gasteiger partial charge in [-0.3, -0.25) is 4.79 Å². The summed E-state index contributed by atoms with van der Waals surface area (Å²) in [4.78, 5) is 12.1. The van der Waals surface area contributed by atoms with Crippen LogP contribution in [-0.2, 0) is 4.79 Å². The maximum absolute atomic E-state index is 12.1. The first kappa shape index (κ1) is 20.5. The van der Waals surface area contributed by atoms with E-state index in [1.807, 2.05) is 0 Å². The fourth-order valence-electron chi connectivity index (χ4n) is 1.93. The van der Waals surface area contributed by atoms with E-state index in [1.54, 1.807) is 38.3 Å². The van der Waals surface area contributed by atoms with Crippen molar-refractivity contribution in [2.45, 2.75) is 45.3 Å². The van der Waals surface area contributed by atoms with Crippen LogP contribution in [0.25, 0.3) is 0 Å². The van der Waals surface area contributed by atoms with Crippen molar-refractivity contribution in [2.24, 2.45) is 5.73 Å². The average molecular weight is 331 g/mol. The zero-order chi connectivity index (χ0) is 15.7. The van der Waals surface area contributed by atoms with E-state index in [0.29, 0.717) is 12.3 Å². The molecule has 0 radical (unpaired) electrons. The van der Waals surface area contributed by atoms with Gasteiger partial charge in [0.15, 0.2) is 6.10 Å². The molecule has 0 saturated heterocycles. The molecule has 0 spiro atoms. The molecule has 0 aromatic heterocycles. The van der Waals surface area contributed by atoms with Crippen molar-refractivity contribution in [2.75, 3.05) is 13.7 Å². The molecule has 5 nitrogen and oxygen atoms in total. The van der Waals surface area contributed by atoms with Gasteiger partial charge in [-0.1, -0.05) is 19.8 Å². The molecule has 2 atom stereocenters. The van der Waals surface area contributed by atoms with E-state index in [-0.39, 0.29) is 24.4 Å². The molecular formula is C16H27ClN2O3. The molecule has 0 saturated carbocycles. The first-order valence-electron chi connectivity index (χ1n) is 7.41. The van der Waals surface area contributed by atoms with Gasteiger partial charge in [0.1, 0.15) is 11.5 Å². The van der Waals surface area contributed by atoms with E-state index < -0.39 is 6.10 Å². The number of halogens is 1. The lowest BCUT2D eigenvalue weighted by Crippen LogP contribution is -2.45. The second-order valence-electron chi connectivity index (χ2n) is 5.02. The van der Waals surface area contributed by atoms with Crippen molar-refractivity contribution in [1.29, 1.82) is 0 Å². The summed E-state index contributed by atoms with van der Waals surface area (Å²) in [6, 6.07) is 7.16. The SMILES string of the molecule is CCCCC(CN)NC(=O)C(C)Oc1ccc(OC)cc1.Cl. The molecule has 1 amide bonds. The van der Waals surface area contributed by atoms with Gasteiger partial charge in [-0.2, -0.15) is 0 Å². The van der Waals surface area contributed by atoms with E-state index in [0.717, 1.165) is 25.0 Å². The van der Waals surface area contributed by atoms with Gasteiger partial charge in [0.05, 0.1) is 7.11 Å². The van der Waals surface area contributed by atoms with Crippen LogP contribution < -0.4 is 20.5 Å². The number of nitrogens with two attached hydrogens (primary N) is 1. The summed E-state index contributed by atoms with van der Waals surface area (Å²) in [5, 5.41) is 2.93. The number of hydrogen-bond acceptors (Lipinski definition) is 4. The van der Waals surface area contributed by atoms with Crippen LogP contribution in [0.2, 0.25) is 0 Å². The molecule has 0 aliphatic heterocycles. The maximum Gasteiger partial charge on any atom is 0.261 e. The van der Waals surface area contributed by atoms with E-state index >= 15 is 0 Å². The smallest absolute Gasteiger partial charge is 0.261 e.